The SMILES string of the molecule is CCOC(=O)/C(C#N)=C1/C(=O)N2c3c1cc(C)cc3[C@H](C)CC2(C)C. The minimum Gasteiger partial charge on any atom is -0.462 e. The Morgan fingerprint density at radius 2 is 2.12 bits per heavy atom. The molecule has 0 aromatic heterocycles. The number of rotatable bonds is 2. The molecule has 5 nitrogen and oxygen atoms in total. The molecule has 0 saturated heterocycles. The molecule has 2 heterocycles. The lowest BCUT2D eigenvalue weighted by Crippen LogP contribution is -2.49. The lowest BCUT2D eigenvalue weighted by atomic mass is 9.80. The van der Waals surface area contributed by atoms with Gasteiger partial charge >= 0.3 is 5.97 Å². The van der Waals surface area contributed by atoms with Gasteiger partial charge in [0, 0.05) is 11.1 Å². The normalized spacial score (nSPS) is 22.3. The van der Waals surface area contributed by atoms with Gasteiger partial charge in [-0.25, -0.2) is 4.79 Å². The van der Waals surface area contributed by atoms with Gasteiger partial charge in [0.1, 0.15) is 6.07 Å². The largest absolute Gasteiger partial charge is 0.462 e. The predicted octanol–water partition coefficient (Wildman–Crippen LogP) is 3.47. The highest BCUT2D eigenvalue weighted by molar-refractivity contribution is 6.37. The van der Waals surface area contributed by atoms with Crippen LogP contribution in [0.1, 0.15) is 56.7 Å². The molecule has 0 N–H and O–H groups in total. The van der Waals surface area contributed by atoms with Gasteiger partial charge in [0.15, 0.2) is 5.57 Å². The smallest absolute Gasteiger partial charge is 0.349 e. The molecule has 0 bridgehead atoms. The Morgan fingerprint density at radius 3 is 2.72 bits per heavy atom. The summed E-state index contributed by atoms with van der Waals surface area (Å²) in [5.41, 5.74) is 3.19. The second-order valence-electron chi connectivity index (χ2n) is 7.39. The van der Waals surface area contributed by atoms with Gasteiger partial charge < -0.3 is 9.64 Å². The predicted molar refractivity (Wildman–Crippen MR) is 94.9 cm³/mol. The van der Waals surface area contributed by atoms with Crippen molar-refractivity contribution >= 4 is 23.1 Å². The number of nitrogens with zero attached hydrogens (tertiary/aromatic N) is 2. The highest BCUT2D eigenvalue weighted by atomic mass is 16.5. The van der Waals surface area contributed by atoms with Crippen molar-refractivity contribution in [2.45, 2.75) is 52.5 Å². The lowest BCUT2D eigenvalue weighted by Gasteiger charge is -2.43. The third-order valence-corrected chi connectivity index (χ3v) is 4.98. The number of aryl methyl sites for hydroxylation is 1. The van der Waals surface area contributed by atoms with Crippen molar-refractivity contribution in [1.29, 1.82) is 5.26 Å². The minimum atomic E-state index is -0.741. The van der Waals surface area contributed by atoms with Crippen molar-refractivity contribution in [3.8, 4) is 6.07 Å². The van der Waals surface area contributed by atoms with E-state index in [0.717, 1.165) is 23.2 Å². The van der Waals surface area contributed by atoms with E-state index in [9.17, 15) is 14.9 Å². The highest BCUT2D eigenvalue weighted by Gasteiger charge is 2.48. The summed E-state index contributed by atoms with van der Waals surface area (Å²) < 4.78 is 5.00. The average molecular weight is 338 g/mol. The number of carbonyl (C=O) groups is 2. The first kappa shape index (κ1) is 17.2. The zero-order valence-corrected chi connectivity index (χ0v) is 15.3. The van der Waals surface area contributed by atoms with E-state index in [1.165, 1.54) is 0 Å². The summed E-state index contributed by atoms with van der Waals surface area (Å²) in [7, 11) is 0. The van der Waals surface area contributed by atoms with Gasteiger partial charge in [0.25, 0.3) is 5.91 Å². The summed E-state index contributed by atoms with van der Waals surface area (Å²) in [5.74, 6) is -0.738. The molecule has 25 heavy (non-hydrogen) atoms. The first-order valence-electron chi connectivity index (χ1n) is 8.54. The van der Waals surface area contributed by atoms with Crippen LogP contribution in [0.2, 0.25) is 0 Å². The van der Waals surface area contributed by atoms with Crippen LogP contribution in [0.4, 0.5) is 5.69 Å². The van der Waals surface area contributed by atoms with Crippen LogP contribution < -0.4 is 4.90 Å². The van der Waals surface area contributed by atoms with Crippen LogP contribution in [-0.2, 0) is 14.3 Å². The Labute approximate surface area is 147 Å². The van der Waals surface area contributed by atoms with Crippen molar-refractivity contribution < 1.29 is 14.3 Å². The van der Waals surface area contributed by atoms with E-state index in [-0.39, 0.29) is 29.2 Å². The van der Waals surface area contributed by atoms with Crippen LogP contribution in [0.5, 0.6) is 0 Å². The zero-order chi connectivity index (χ0) is 18.5. The number of amides is 1. The van der Waals surface area contributed by atoms with E-state index in [0.29, 0.717) is 11.5 Å². The molecule has 2 aliphatic heterocycles. The number of carbonyl (C=O) groups excluding carboxylic acids is 2. The lowest BCUT2D eigenvalue weighted by molar-refractivity contribution is -0.138. The number of hydrogen-bond acceptors (Lipinski definition) is 4. The van der Waals surface area contributed by atoms with Gasteiger partial charge in [-0.05, 0) is 51.7 Å². The summed E-state index contributed by atoms with van der Waals surface area (Å²) in [6.07, 6.45) is 0.823. The molecule has 130 valence electrons. The average Bonchev–Trinajstić information content (AvgIpc) is 2.80. The van der Waals surface area contributed by atoms with Crippen molar-refractivity contribution in [3.63, 3.8) is 0 Å². The van der Waals surface area contributed by atoms with Gasteiger partial charge in [0.2, 0.25) is 0 Å². The van der Waals surface area contributed by atoms with Crippen LogP contribution >= 0.6 is 0 Å². The summed E-state index contributed by atoms with van der Waals surface area (Å²) >= 11 is 0. The molecule has 0 unspecified atom stereocenters. The first-order valence-corrected chi connectivity index (χ1v) is 8.54. The first-order chi connectivity index (χ1) is 11.7. The number of benzene rings is 1. The van der Waals surface area contributed by atoms with Gasteiger partial charge in [-0.2, -0.15) is 5.26 Å². The van der Waals surface area contributed by atoms with Crippen LogP contribution in [0.15, 0.2) is 17.7 Å². The van der Waals surface area contributed by atoms with Crippen molar-refractivity contribution in [1.82, 2.24) is 0 Å². The Morgan fingerprint density at radius 1 is 1.44 bits per heavy atom. The number of nitriles is 1. The fourth-order valence-corrected chi connectivity index (χ4v) is 4.13. The monoisotopic (exact) mass is 338 g/mol. The van der Waals surface area contributed by atoms with E-state index in [4.69, 9.17) is 4.74 Å². The molecule has 1 aromatic rings. The van der Waals surface area contributed by atoms with Gasteiger partial charge in [-0.15, -0.1) is 0 Å². The molecule has 0 radical (unpaired) electrons. The van der Waals surface area contributed by atoms with E-state index < -0.39 is 5.97 Å². The maximum absolute atomic E-state index is 13.2. The Balaban J connectivity index is 2.35. The third-order valence-electron chi connectivity index (χ3n) is 4.98. The maximum atomic E-state index is 13.2. The number of esters is 1. The molecule has 0 saturated carbocycles. The summed E-state index contributed by atoms with van der Waals surface area (Å²) in [5, 5.41) is 9.54. The van der Waals surface area contributed by atoms with Gasteiger partial charge in [-0.1, -0.05) is 18.6 Å². The Bertz CT molecular complexity index is 858. The molecule has 0 spiro atoms. The molecule has 1 aromatic carbocycles. The highest BCUT2D eigenvalue weighted by Crippen LogP contribution is 2.52. The summed E-state index contributed by atoms with van der Waals surface area (Å²) in [4.78, 5) is 27.2. The molecule has 3 rings (SSSR count). The number of hydrogen-bond donors (Lipinski definition) is 0. The van der Waals surface area contributed by atoms with Crippen LogP contribution in [0.25, 0.3) is 5.57 Å². The second kappa shape index (κ2) is 5.73. The van der Waals surface area contributed by atoms with Gasteiger partial charge in [0.05, 0.1) is 17.9 Å². The minimum absolute atomic E-state index is 0.156. The molecule has 0 fully saturated rings. The van der Waals surface area contributed by atoms with Crippen LogP contribution in [0.3, 0.4) is 0 Å². The van der Waals surface area contributed by atoms with Gasteiger partial charge in [-0.3, -0.25) is 4.79 Å². The van der Waals surface area contributed by atoms with Crippen molar-refractivity contribution in [2.75, 3.05) is 11.5 Å². The topological polar surface area (TPSA) is 70.4 Å². The number of ether oxygens (including phenoxy) is 1. The fraction of sp³-hybridized carbons (Fsp3) is 0.450. The summed E-state index contributed by atoms with van der Waals surface area (Å²) in [6.45, 7) is 9.99. The molecule has 1 atom stereocenters. The second-order valence-corrected chi connectivity index (χ2v) is 7.39. The number of anilines is 1. The Hall–Kier alpha value is -2.61. The molecule has 1 amide bonds. The van der Waals surface area contributed by atoms with E-state index in [1.807, 2.05) is 32.9 Å². The van der Waals surface area contributed by atoms with E-state index >= 15 is 0 Å². The van der Waals surface area contributed by atoms with Crippen LogP contribution in [0, 0.1) is 18.3 Å². The van der Waals surface area contributed by atoms with E-state index in [2.05, 4.69) is 13.0 Å². The Kier molecular flexibility index (Phi) is 3.95. The zero-order valence-electron chi connectivity index (χ0n) is 15.3. The third kappa shape index (κ3) is 2.44. The summed E-state index contributed by atoms with van der Waals surface area (Å²) in [6, 6.07) is 5.88. The molecule has 2 aliphatic rings. The van der Waals surface area contributed by atoms with Crippen molar-refractivity contribution in [2.24, 2.45) is 0 Å². The standard InChI is InChI=1S/C20H22N2O3/c1-6-25-19(24)15(10-21)16-14-8-11(2)7-13-12(3)9-20(4,5)22(17(13)14)18(16)23/h7-8,12H,6,9H2,1-5H3/b16-15+/t12-/m1/s1. The van der Waals surface area contributed by atoms with Crippen molar-refractivity contribution in [3.05, 3.63) is 34.4 Å². The maximum Gasteiger partial charge on any atom is 0.349 e. The molecule has 5 heteroatoms. The van der Waals surface area contributed by atoms with E-state index in [1.54, 1.807) is 11.8 Å². The molecule has 0 aliphatic carbocycles. The van der Waals surface area contributed by atoms with Crippen LogP contribution in [-0.4, -0.2) is 24.0 Å². The fourth-order valence-electron chi connectivity index (χ4n) is 4.13. The molecular formula is C20H22N2O3. The molecular weight excluding hydrogens is 316 g/mol. The quantitative estimate of drug-likeness (QED) is 0.470.